The van der Waals surface area contributed by atoms with E-state index in [0.29, 0.717) is 5.69 Å². The Kier molecular flexibility index (Phi) is 12.9. The van der Waals surface area contributed by atoms with Gasteiger partial charge in [0.15, 0.2) is 0 Å². The second-order valence-electron chi connectivity index (χ2n) is 15.0. The van der Waals surface area contributed by atoms with Gasteiger partial charge >= 0.3 is 18.3 Å². The molecule has 334 valence electrons. The van der Waals surface area contributed by atoms with E-state index in [1.807, 2.05) is 6.07 Å². The fourth-order valence-electron chi connectivity index (χ4n) is 7.30. The Hall–Kier alpha value is -7.64. The van der Waals surface area contributed by atoms with Crippen LogP contribution in [0.3, 0.4) is 0 Å². The molecule has 2 aliphatic heterocycles. The maximum absolute atomic E-state index is 14.9. The number of nitrogens with two attached hydrogens (primary N) is 1. The molecule has 0 fully saturated rings. The summed E-state index contributed by atoms with van der Waals surface area (Å²) in [6.45, 7) is 4.90. The highest BCUT2D eigenvalue weighted by atomic mass is 19.4. The number of nitrogens with zero attached hydrogens (tertiary/aromatic N) is 2. The number of carboxylic acids is 1. The molecule has 0 spiro atoms. The molecule has 0 aromatic heterocycles. The fraction of sp³-hybridized carbons (Fsp3) is 0.227. The predicted molar refractivity (Wildman–Crippen MR) is 221 cm³/mol. The first-order chi connectivity index (χ1) is 30.0. The first kappa shape index (κ1) is 45.9. The Labute approximate surface area is 360 Å². The van der Waals surface area contributed by atoms with E-state index in [2.05, 4.69) is 21.7 Å². The van der Waals surface area contributed by atoms with E-state index in [1.165, 1.54) is 37.3 Å². The van der Waals surface area contributed by atoms with E-state index in [9.17, 15) is 55.1 Å². The zero-order valence-corrected chi connectivity index (χ0v) is 34.2. The summed E-state index contributed by atoms with van der Waals surface area (Å²) in [5.41, 5.74) is 14.1. The number of hydrogen-bond acceptors (Lipinski definition) is 8. The van der Waals surface area contributed by atoms with Crippen LogP contribution in [0.5, 0.6) is 0 Å². The lowest BCUT2D eigenvalue weighted by atomic mass is 9.94. The molecule has 0 bridgehead atoms. The van der Waals surface area contributed by atoms with Crippen molar-refractivity contribution in [3.63, 3.8) is 0 Å². The average Bonchev–Trinajstić information content (AvgIpc) is 3.65. The van der Waals surface area contributed by atoms with Gasteiger partial charge in [-0.05, 0) is 98.0 Å². The van der Waals surface area contributed by atoms with Crippen molar-refractivity contribution in [2.24, 2.45) is 5.73 Å². The van der Waals surface area contributed by atoms with Crippen molar-refractivity contribution >= 4 is 69.4 Å². The van der Waals surface area contributed by atoms with Crippen LogP contribution in [0.2, 0.25) is 0 Å². The molecule has 4 aromatic rings. The number of aliphatic carboxylic acids is 1. The second-order valence-corrected chi connectivity index (χ2v) is 15.0. The standard InChI is InChI=1S/C44H39F6N7O7/c1-22-14-23(2)16-29(15-22)57-35-20-33(44(48,49)50)26(18-31(35)32(41(57)63)21-52-54-37(59)11-10-36(51)58)17-25-4-7-28(8-5-25)56-34-19-27(43(45,46)47)6-9-30(34)40(42(56)64)24(3)53-55-38(60)12-13-39(61)62/h4-9,14-16,18-21,52-53H,10-13,17H2,1-3H3,(H2,51,58)(H,54,59)(H,55,60)(H,61,62)/b32-21-,40-24-. The SMILES string of the molecule is C/C(NNC(=O)CCC(=O)O)=C1/C(=O)N(c2ccc(Cc3cc4c(cc3C(F)(F)F)N(c3cc(C)cc(C)c3)C(=O)/C4=C\NNC(=O)CCC(N)=O)cc2)c2cc(C(F)(F)F)ccc21. The maximum Gasteiger partial charge on any atom is 0.416 e. The van der Waals surface area contributed by atoms with Gasteiger partial charge in [-0.1, -0.05) is 24.3 Å². The Balaban J connectivity index is 1.37. The normalized spacial score (nSPS) is 14.9. The quantitative estimate of drug-likeness (QED) is 0.0451. The van der Waals surface area contributed by atoms with Crippen LogP contribution >= 0.6 is 0 Å². The van der Waals surface area contributed by atoms with Crippen LogP contribution in [0.1, 0.15) is 77.1 Å². The molecule has 0 unspecified atom stereocenters. The third-order valence-electron chi connectivity index (χ3n) is 10.2. The van der Waals surface area contributed by atoms with Crippen LogP contribution in [-0.2, 0) is 47.5 Å². The van der Waals surface area contributed by atoms with Crippen molar-refractivity contribution in [1.29, 1.82) is 0 Å². The maximum atomic E-state index is 14.9. The molecule has 6 rings (SSSR count). The molecule has 0 atom stereocenters. The topological polar surface area (TPSA) is 203 Å². The molecule has 0 radical (unpaired) electrons. The Morgan fingerprint density at radius 2 is 1.30 bits per heavy atom. The molecule has 0 saturated heterocycles. The summed E-state index contributed by atoms with van der Waals surface area (Å²) in [5.74, 6) is -4.85. The molecular weight excluding hydrogens is 853 g/mol. The minimum Gasteiger partial charge on any atom is -0.481 e. The number of alkyl halides is 6. The number of allylic oxidation sites excluding steroid dienone is 1. The van der Waals surface area contributed by atoms with Crippen molar-refractivity contribution in [2.75, 3.05) is 9.80 Å². The first-order valence-corrected chi connectivity index (χ1v) is 19.4. The van der Waals surface area contributed by atoms with E-state index in [1.54, 1.807) is 26.0 Å². The molecular formula is C44H39F6N7O7. The number of aryl methyl sites for hydroxylation is 2. The van der Waals surface area contributed by atoms with Gasteiger partial charge in [0.05, 0.1) is 40.1 Å². The Morgan fingerprint density at radius 3 is 1.91 bits per heavy atom. The van der Waals surface area contributed by atoms with Crippen LogP contribution in [0.15, 0.2) is 84.7 Å². The molecule has 2 aliphatic rings. The van der Waals surface area contributed by atoms with Gasteiger partial charge in [0.25, 0.3) is 11.8 Å². The highest BCUT2D eigenvalue weighted by Crippen LogP contribution is 2.48. The fourth-order valence-corrected chi connectivity index (χ4v) is 7.30. The van der Waals surface area contributed by atoms with Gasteiger partial charge in [-0.2, -0.15) is 26.3 Å². The average molecular weight is 892 g/mol. The van der Waals surface area contributed by atoms with Crippen LogP contribution in [0, 0.1) is 13.8 Å². The van der Waals surface area contributed by atoms with E-state index in [-0.39, 0.29) is 75.4 Å². The van der Waals surface area contributed by atoms with E-state index < -0.39 is 71.8 Å². The van der Waals surface area contributed by atoms with Crippen molar-refractivity contribution in [1.82, 2.24) is 21.7 Å². The second kappa shape index (κ2) is 18.0. The van der Waals surface area contributed by atoms with Crippen molar-refractivity contribution in [3.05, 3.63) is 129 Å². The number of anilines is 4. The number of benzene rings is 4. The molecule has 2 heterocycles. The van der Waals surface area contributed by atoms with Gasteiger partial charge in [-0.15, -0.1) is 0 Å². The van der Waals surface area contributed by atoms with Gasteiger partial charge in [0.1, 0.15) is 0 Å². The highest BCUT2D eigenvalue weighted by Gasteiger charge is 2.41. The summed E-state index contributed by atoms with van der Waals surface area (Å²) in [6, 6.07) is 15.3. The number of hydrazine groups is 2. The number of carbonyl (C=O) groups is 6. The summed E-state index contributed by atoms with van der Waals surface area (Å²) in [7, 11) is 0. The number of hydrogen-bond donors (Lipinski definition) is 6. The van der Waals surface area contributed by atoms with Crippen LogP contribution in [-0.4, -0.2) is 40.6 Å². The number of rotatable bonds is 14. The van der Waals surface area contributed by atoms with Crippen LogP contribution in [0.25, 0.3) is 11.1 Å². The minimum atomic E-state index is -4.92. The van der Waals surface area contributed by atoms with Crippen molar-refractivity contribution in [2.45, 2.75) is 65.2 Å². The monoisotopic (exact) mass is 891 g/mol. The summed E-state index contributed by atoms with van der Waals surface area (Å²) >= 11 is 0. The predicted octanol–water partition coefficient (Wildman–Crippen LogP) is 6.73. The summed E-state index contributed by atoms with van der Waals surface area (Å²) in [4.78, 5) is 76.6. The van der Waals surface area contributed by atoms with Crippen molar-refractivity contribution < 1.29 is 60.2 Å². The minimum absolute atomic E-state index is 0.0220. The molecule has 14 nitrogen and oxygen atoms in total. The molecule has 20 heteroatoms. The van der Waals surface area contributed by atoms with E-state index in [0.717, 1.165) is 51.4 Å². The zero-order valence-electron chi connectivity index (χ0n) is 34.2. The lowest BCUT2D eigenvalue weighted by molar-refractivity contribution is -0.139. The number of amides is 5. The largest absolute Gasteiger partial charge is 0.481 e. The smallest absolute Gasteiger partial charge is 0.416 e. The Morgan fingerprint density at radius 1 is 0.688 bits per heavy atom. The van der Waals surface area contributed by atoms with Gasteiger partial charge in [0.2, 0.25) is 17.7 Å². The molecule has 0 aliphatic carbocycles. The number of nitrogens with one attached hydrogen (secondary N) is 4. The number of carbonyl (C=O) groups excluding carboxylic acids is 5. The number of primary amides is 1. The Bertz CT molecular complexity index is 2640. The molecule has 4 aromatic carbocycles. The van der Waals surface area contributed by atoms with Crippen molar-refractivity contribution in [3.8, 4) is 0 Å². The summed E-state index contributed by atoms with van der Waals surface area (Å²) in [6.07, 6.45) is -10.4. The lowest BCUT2D eigenvalue weighted by Crippen LogP contribution is -2.37. The highest BCUT2D eigenvalue weighted by molar-refractivity contribution is 6.36. The number of carboxylic acid groups (broad SMARTS) is 1. The van der Waals surface area contributed by atoms with Crippen LogP contribution < -0.4 is 37.2 Å². The number of fused-ring (bicyclic) bond motifs is 2. The van der Waals surface area contributed by atoms with Gasteiger partial charge in [-0.25, -0.2) is 0 Å². The third-order valence-corrected chi connectivity index (χ3v) is 10.2. The lowest BCUT2D eigenvalue weighted by Gasteiger charge is -2.21. The van der Waals surface area contributed by atoms with E-state index in [4.69, 9.17) is 10.8 Å². The summed E-state index contributed by atoms with van der Waals surface area (Å²) < 4.78 is 86.6. The third kappa shape index (κ3) is 10.0. The zero-order chi connectivity index (χ0) is 46.8. The molecule has 7 N–H and O–H groups in total. The summed E-state index contributed by atoms with van der Waals surface area (Å²) in [5, 5.41) is 8.86. The van der Waals surface area contributed by atoms with Gasteiger partial charge in [0, 0.05) is 53.7 Å². The van der Waals surface area contributed by atoms with E-state index >= 15 is 0 Å². The molecule has 5 amide bonds. The van der Waals surface area contributed by atoms with Gasteiger partial charge < -0.3 is 21.7 Å². The van der Waals surface area contributed by atoms with Crippen LogP contribution in [0.4, 0.5) is 49.1 Å². The van der Waals surface area contributed by atoms with Gasteiger partial charge in [-0.3, -0.25) is 49.4 Å². The molecule has 64 heavy (non-hydrogen) atoms. The first-order valence-electron chi connectivity index (χ1n) is 19.4. The number of halogens is 6. The molecule has 0 saturated carbocycles.